The van der Waals surface area contributed by atoms with Crippen molar-refractivity contribution in [2.75, 3.05) is 6.61 Å². The Balaban J connectivity index is 2.94. The second kappa shape index (κ2) is 5.52. The van der Waals surface area contributed by atoms with Gasteiger partial charge in [0.05, 0.1) is 12.7 Å². The van der Waals surface area contributed by atoms with E-state index in [0.29, 0.717) is 0 Å². The molecule has 0 heterocycles. The Morgan fingerprint density at radius 2 is 2.07 bits per heavy atom. The highest BCUT2D eigenvalue weighted by molar-refractivity contribution is 9.10. The van der Waals surface area contributed by atoms with Gasteiger partial charge in [-0.15, -0.1) is 0 Å². The van der Waals surface area contributed by atoms with Crippen molar-refractivity contribution in [1.29, 1.82) is 0 Å². The first-order chi connectivity index (χ1) is 7.02. The van der Waals surface area contributed by atoms with Gasteiger partial charge in [-0.2, -0.15) is 0 Å². The first kappa shape index (κ1) is 12.5. The lowest BCUT2D eigenvalue weighted by atomic mass is 10.0. The van der Waals surface area contributed by atoms with E-state index in [0.717, 1.165) is 21.7 Å². The van der Waals surface area contributed by atoms with Gasteiger partial charge in [-0.1, -0.05) is 22.9 Å². The van der Waals surface area contributed by atoms with E-state index in [-0.39, 0.29) is 12.7 Å². The normalized spacial score (nSPS) is 11.1. The average molecular weight is 272 g/mol. The minimum atomic E-state index is 0.0670. The van der Waals surface area contributed by atoms with Crippen molar-refractivity contribution < 1.29 is 9.84 Å². The van der Waals surface area contributed by atoms with Crippen LogP contribution in [0.2, 0.25) is 0 Å². The topological polar surface area (TPSA) is 29.5 Å². The van der Waals surface area contributed by atoms with Crippen molar-refractivity contribution in [2.24, 2.45) is 0 Å². The maximum absolute atomic E-state index is 9.06. The summed E-state index contributed by atoms with van der Waals surface area (Å²) in [5.74, 6) is 1.76. The third kappa shape index (κ3) is 3.84. The lowest BCUT2D eigenvalue weighted by Gasteiger charge is -2.14. The zero-order chi connectivity index (χ0) is 11.4. The van der Waals surface area contributed by atoms with Crippen LogP contribution in [0.15, 0.2) is 22.7 Å². The maximum Gasteiger partial charge on any atom is 0.121 e. The molecule has 0 saturated heterocycles. The molecule has 0 fully saturated rings. The van der Waals surface area contributed by atoms with Crippen LogP contribution in [0.25, 0.3) is 0 Å². The molecule has 1 rings (SSSR count). The number of benzene rings is 1. The molecule has 0 saturated carbocycles. The zero-order valence-corrected chi connectivity index (χ0v) is 10.8. The Morgan fingerprint density at radius 1 is 1.40 bits per heavy atom. The van der Waals surface area contributed by atoms with Crippen LogP contribution in [0, 0.1) is 5.92 Å². The minimum absolute atomic E-state index is 0.0670. The Bertz CT molecular complexity index is 323. The van der Waals surface area contributed by atoms with Crippen molar-refractivity contribution in [2.45, 2.75) is 26.9 Å². The molecular weight excluding hydrogens is 256 g/mol. The molecule has 1 radical (unpaired) electrons. The molecule has 1 aromatic carbocycles. The summed E-state index contributed by atoms with van der Waals surface area (Å²) in [4.78, 5) is 0. The van der Waals surface area contributed by atoms with E-state index < -0.39 is 0 Å². The lowest BCUT2D eigenvalue weighted by Crippen LogP contribution is -2.07. The summed E-state index contributed by atoms with van der Waals surface area (Å²) >= 11 is 3.43. The number of rotatable bonds is 4. The molecular formula is C12H16BrO2. The van der Waals surface area contributed by atoms with Gasteiger partial charge in [0.2, 0.25) is 0 Å². The van der Waals surface area contributed by atoms with Crippen molar-refractivity contribution >= 4 is 15.9 Å². The lowest BCUT2D eigenvalue weighted by molar-refractivity contribution is 0.242. The van der Waals surface area contributed by atoms with E-state index >= 15 is 0 Å². The van der Waals surface area contributed by atoms with Crippen molar-refractivity contribution in [3.8, 4) is 5.75 Å². The number of ether oxygens (including phenoxy) is 1. The molecule has 1 N–H and O–H groups in total. The van der Waals surface area contributed by atoms with E-state index in [1.807, 2.05) is 39.0 Å². The summed E-state index contributed by atoms with van der Waals surface area (Å²) in [7, 11) is 0. The van der Waals surface area contributed by atoms with Gasteiger partial charge in [-0.25, -0.2) is 0 Å². The molecule has 0 bridgehead atoms. The molecule has 0 amide bonds. The van der Waals surface area contributed by atoms with Gasteiger partial charge in [0, 0.05) is 10.4 Å². The van der Waals surface area contributed by atoms with Crippen LogP contribution in [0.3, 0.4) is 0 Å². The van der Waals surface area contributed by atoms with E-state index in [4.69, 9.17) is 9.84 Å². The Morgan fingerprint density at radius 3 is 2.60 bits per heavy atom. The highest BCUT2D eigenvalue weighted by atomic mass is 79.9. The summed E-state index contributed by atoms with van der Waals surface area (Å²) in [5, 5.41) is 9.06. The summed E-state index contributed by atoms with van der Waals surface area (Å²) in [6, 6.07) is 5.84. The van der Waals surface area contributed by atoms with Crippen molar-refractivity contribution in [3.63, 3.8) is 0 Å². The second-order valence-corrected chi connectivity index (χ2v) is 4.70. The first-order valence-corrected chi connectivity index (χ1v) is 5.73. The fourth-order valence-corrected chi connectivity index (χ4v) is 1.71. The predicted molar refractivity (Wildman–Crippen MR) is 65.0 cm³/mol. The molecule has 83 valence electrons. The Hall–Kier alpha value is -0.540. The molecule has 0 unspecified atom stereocenters. The van der Waals surface area contributed by atoms with Crippen LogP contribution in [-0.4, -0.2) is 17.8 Å². The molecule has 0 aromatic heterocycles. The molecule has 0 aliphatic rings. The van der Waals surface area contributed by atoms with Gasteiger partial charge in [0.25, 0.3) is 0 Å². The predicted octanol–water partition coefficient (Wildman–Crippen LogP) is 3.17. The second-order valence-electron chi connectivity index (χ2n) is 3.78. The standard InChI is InChI=1S/C12H16BrO2/c1-8(2)15-12-5-10(9(3)7-14)4-11(13)6-12/h4-6,8,14H,7H2,1-3H3. The fourth-order valence-electron chi connectivity index (χ4n) is 1.24. The molecule has 0 aliphatic carbocycles. The van der Waals surface area contributed by atoms with E-state index in [1.165, 1.54) is 0 Å². The fraction of sp³-hybridized carbons (Fsp3) is 0.417. The quantitative estimate of drug-likeness (QED) is 0.912. The van der Waals surface area contributed by atoms with Crippen LogP contribution in [0.1, 0.15) is 26.3 Å². The Kier molecular flexibility index (Phi) is 4.61. The number of hydrogen-bond acceptors (Lipinski definition) is 2. The van der Waals surface area contributed by atoms with E-state index in [2.05, 4.69) is 15.9 Å². The SMILES string of the molecule is C[C](CO)c1cc(Br)cc(OC(C)C)c1. The molecule has 0 atom stereocenters. The van der Waals surface area contributed by atoms with Gasteiger partial charge in [-0.3, -0.25) is 0 Å². The third-order valence-electron chi connectivity index (χ3n) is 1.97. The monoisotopic (exact) mass is 271 g/mol. The van der Waals surface area contributed by atoms with Crippen LogP contribution in [0.5, 0.6) is 5.75 Å². The van der Waals surface area contributed by atoms with Gasteiger partial charge in [-0.05, 0) is 37.6 Å². The van der Waals surface area contributed by atoms with Gasteiger partial charge < -0.3 is 9.84 Å². The zero-order valence-electron chi connectivity index (χ0n) is 9.25. The molecule has 0 spiro atoms. The van der Waals surface area contributed by atoms with Crippen LogP contribution >= 0.6 is 15.9 Å². The van der Waals surface area contributed by atoms with Gasteiger partial charge >= 0.3 is 0 Å². The molecule has 15 heavy (non-hydrogen) atoms. The molecule has 0 aliphatic heterocycles. The smallest absolute Gasteiger partial charge is 0.121 e. The minimum Gasteiger partial charge on any atom is -0.491 e. The van der Waals surface area contributed by atoms with Gasteiger partial charge in [0.15, 0.2) is 0 Å². The highest BCUT2D eigenvalue weighted by Gasteiger charge is 2.08. The number of hydrogen-bond donors (Lipinski definition) is 1. The van der Waals surface area contributed by atoms with E-state index in [1.54, 1.807) is 0 Å². The summed E-state index contributed by atoms with van der Waals surface area (Å²) in [6.45, 7) is 5.95. The number of aliphatic hydroxyl groups excluding tert-OH is 1. The average Bonchev–Trinajstić information content (AvgIpc) is 2.14. The third-order valence-corrected chi connectivity index (χ3v) is 2.43. The van der Waals surface area contributed by atoms with Crippen LogP contribution in [0.4, 0.5) is 0 Å². The molecule has 1 aromatic rings. The van der Waals surface area contributed by atoms with Gasteiger partial charge in [0.1, 0.15) is 5.75 Å². The summed E-state index contributed by atoms with van der Waals surface area (Å²) in [6.07, 6.45) is 0.154. The first-order valence-electron chi connectivity index (χ1n) is 4.94. The summed E-state index contributed by atoms with van der Waals surface area (Å²) < 4.78 is 6.57. The van der Waals surface area contributed by atoms with Crippen molar-refractivity contribution in [1.82, 2.24) is 0 Å². The number of halogens is 1. The Labute approximate surface area is 99.4 Å². The van der Waals surface area contributed by atoms with Crippen LogP contribution in [-0.2, 0) is 0 Å². The molecule has 2 nitrogen and oxygen atoms in total. The van der Waals surface area contributed by atoms with E-state index in [9.17, 15) is 0 Å². The molecule has 3 heteroatoms. The largest absolute Gasteiger partial charge is 0.491 e. The maximum atomic E-state index is 9.06. The van der Waals surface area contributed by atoms with Crippen molar-refractivity contribution in [3.05, 3.63) is 34.2 Å². The summed E-state index contributed by atoms with van der Waals surface area (Å²) in [5.41, 5.74) is 1.00. The van der Waals surface area contributed by atoms with Crippen LogP contribution < -0.4 is 4.74 Å². The highest BCUT2D eigenvalue weighted by Crippen LogP contribution is 2.26. The number of aliphatic hydroxyl groups is 1.